The molecule has 32 heavy (non-hydrogen) atoms. The summed E-state index contributed by atoms with van der Waals surface area (Å²) in [5.41, 5.74) is -0.737. The molecule has 0 aromatic carbocycles. The van der Waals surface area contributed by atoms with Gasteiger partial charge in [0.2, 0.25) is 0 Å². The fourth-order valence-corrected chi connectivity index (χ4v) is 4.48. The third kappa shape index (κ3) is 9.51. The molecule has 0 N–H and O–H groups in total. The molecule has 0 amide bonds. The van der Waals surface area contributed by atoms with Crippen LogP contribution < -0.4 is 0 Å². The van der Waals surface area contributed by atoms with Gasteiger partial charge in [-0.15, -0.1) is 18.3 Å². The Hall–Kier alpha value is -1.56. The van der Waals surface area contributed by atoms with Crippen molar-refractivity contribution >= 4 is 47.2 Å². The summed E-state index contributed by atoms with van der Waals surface area (Å²) < 4.78 is 38.2. The van der Waals surface area contributed by atoms with E-state index in [9.17, 15) is 18.9 Å². The second-order valence-electron chi connectivity index (χ2n) is 8.11. The number of carbonyl (C=O) groups is 3. The molecule has 1 fully saturated rings. The van der Waals surface area contributed by atoms with E-state index in [0.29, 0.717) is 5.75 Å². The molecule has 0 bridgehead atoms. The number of esters is 3. The van der Waals surface area contributed by atoms with E-state index in [2.05, 4.69) is 11.0 Å². The SMILES string of the molecule is C=CCCCS[C@H]1O[C@H](/C=N/[S@+]([O-])C(C)(C)C)[C@H](OC(C)=O)[C@H](OC(C)=O)[C@H]1OC(C)=O. The average Bonchev–Trinajstić information content (AvgIpc) is 2.65. The van der Waals surface area contributed by atoms with Crippen molar-refractivity contribution in [2.24, 2.45) is 4.40 Å². The highest BCUT2D eigenvalue weighted by molar-refractivity contribution is 7.99. The molecular weight excluding hydrogens is 458 g/mol. The van der Waals surface area contributed by atoms with Crippen molar-refractivity contribution in [1.29, 1.82) is 0 Å². The van der Waals surface area contributed by atoms with Crippen LogP contribution >= 0.6 is 11.8 Å². The fourth-order valence-electron chi connectivity index (χ4n) is 2.76. The topological polar surface area (TPSA) is 124 Å². The molecule has 1 saturated heterocycles. The first-order valence-electron chi connectivity index (χ1n) is 10.2. The summed E-state index contributed by atoms with van der Waals surface area (Å²) in [5, 5.41) is 0. The molecule has 1 aliphatic rings. The maximum atomic E-state index is 12.4. The van der Waals surface area contributed by atoms with Gasteiger partial charge in [0, 0.05) is 20.8 Å². The molecule has 0 unspecified atom stereocenters. The van der Waals surface area contributed by atoms with Crippen LogP contribution in [0.25, 0.3) is 0 Å². The van der Waals surface area contributed by atoms with Crippen molar-refractivity contribution in [2.75, 3.05) is 5.75 Å². The van der Waals surface area contributed by atoms with Gasteiger partial charge in [-0.2, -0.15) is 0 Å². The molecular formula is C21H33NO8S2. The zero-order chi connectivity index (χ0) is 24.5. The van der Waals surface area contributed by atoms with Crippen LogP contribution in [0.5, 0.6) is 0 Å². The number of ether oxygens (including phenoxy) is 4. The van der Waals surface area contributed by atoms with Gasteiger partial charge >= 0.3 is 17.9 Å². The van der Waals surface area contributed by atoms with E-state index < -0.39 is 63.9 Å². The van der Waals surface area contributed by atoms with Crippen molar-refractivity contribution in [3.8, 4) is 0 Å². The fraction of sp³-hybridized carbons (Fsp3) is 0.714. The summed E-state index contributed by atoms with van der Waals surface area (Å²) in [6.45, 7) is 12.6. The number of allylic oxidation sites excluding steroid dienone is 1. The van der Waals surface area contributed by atoms with Crippen LogP contribution in [-0.2, 0) is 44.7 Å². The van der Waals surface area contributed by atoms with Crippen molar-refractivity contribution in [3.05, 3.63) is 12.7 Å². The number of thioether (sulfide) groups is 1. The highest BCUT2D eigenvalue weighted by Gasteiger charge is 2.51. The van der Waals surface area contributed by atoms with Gasteiger partial charge in [-0.05, 0) is 39.4 Å². The highest BCUT2D eigenvalue weighted by Crippen LogP contribution is 2.34. The third-order valence-corrected chi connectivity index (χ3v) is 6.69. The van der Waals surface area contributed by atoms with E-state index >= 15 is 0 Å². The molecule has 0 aromatic heterocycles. The van der Waals surface area contributed by atoms with Gasteiger partial charge in [0.15, 0.2) is 18.3 Å². The predicted octanol–water partition coefficient (Wildman–Crippen LogP) is 2.74. The molecule has 1 rings (SSSR count). The van der Waals surface area contributed by atoms with Crippen LogP contribution in [0, 0.1) is 0 Å². The summed E-state index contributed by atoms with van der Waals surface area (Å²) in [4.78, 5) is 35.4. The predicted molar refractivity (Wildman–Crippen MR) is 124 cm³/mol. The molecule has 1 heterocycles. The molecule has 0 spiro atoms. The molecule has 0 aromatic rings. The number of nitrogens with zero attached hydrogens (tertiary/aromatic N) is 1. The third-order valence-electron chi connectivity index (χ3n) is 4.10. The monoisotopic (exact) mass is 491 g/mol. The first kappa shape index (κ1) is 28.5. The molecule has 0 saturated carbocycles. The Balaban J connectivity index is 3.32. The normalized spacial score (nSPS) is 26.9. The minimum absolute atomic E-state index is 0.602. The summed E-state index contributed by atoms with van der Waals surface area (Å²) in [6, 6.07) is 0. The van der Waals surface area contributed by atoms with Crippen LogP contribution in [0.4, 0.5) is 0 Å². The van der Waals surface area contributed by atoms with E-state index in [1.165, 1.54) is 38.7 Å². The Morgan fingerprint density at radius 2 is 1.59 bits per heavy atom. The van der Waals surface area contributed by atoms with E-state index in [1.807, 2.05) is 0 Å². The van der Waals surface area contributed by atoms with Crippen molar-refractivity contribution in [2.45, 2.75) is 89.0 Å². The summed E-state index contributed by atoms with van der Waals surface area (Å²) in [7, 11) is 0. The van der Waals surface area contributed by atoms with Crippen molar-refractivity contribution in [3.63, 3.8) is 0 Å². The molecule has 9 nitrogen and oxygen atoms in total. The lowest BCUT2D eigenvalue weighted by atomic mass is 9.99. The second kappa shape index (κ2) is 13.2. The Labute approximate surface area is 197 Å². The smallest absolute Gasteiger partial charge is 0.303 e. The summed E-state index contributed by atoms with van der Waals surface area (Å²) >= 11 is -0.222. The van der Waals surface area contributed by atoms with Gasteiger partial charge in [-0.3, -0.25) is 14.4 Å². The van der Waals surface area contributed by atoms with E-state index in [4.69, 9.17) is 18.9 Å². The van der Waals surface area contributed by atoms with Gasteiger partial charge < -0.3 is 23.5 Å². The Bertz CT molecular complexity index is 694. The first-order valence-corrected chi connectivity index (χ1v) is 12.4. The lowest BCUT2D eigenvalue weighted by Gasteiger charge is -2.43. The molecule has 0 radical (unpaired) electrons. The lowest BCUT2D eigenvalue weighted by Crippen LogP contribution is -2.61. The molecule has 1 aliphatic heterocycles. The van der Waals surface area contributed by atoms with Crippen LogP contribution in [0.15, 0.2) is 17.1 Å². The molecule has 0 aliphatic carbocycles. The van der Waals surface area contributed by atoms with Crippen LogP contribution in [0.3, 0.4) is 0 Å². The van der Waals surface area contributed by atoms with E-state index in [1.54, 1.807) is 26.8 Å². The van der Waals surface area contributed by atoms with Gasteiger partial charge in [0.1, 0.15) is 27.6 Å². The van der Waals surface area contributed by atoms with Gasteiger partial charge in [-0.1, -0.05) is 10.5 Å². The van der Waals surface area contributed by atoms with Gasteiger partial charge in [-0.25, -0.2) is 0 Å². The highest BCUT2D eigenvalue weighted by atomic mass is 32.2. The summed E-state index contributed by atoms with van der Waals surface area (Å²) in [5.74, 6) is -1.24. The maximum Gasteiger partial charge on any atom is 0.303 e. The number of unbranched alkanes of at least 4 members (excludes halogenated alkanes) is 1. The van der Waals surface area contributed by atoms with Crippen molar-refractivity contribution in [1.82, 2.24) is 0 Å². The average molecular weight is 492 g/mol. The number of hydrogen-bond acceptors (Lipinski definition) is 10. The standard InChI is InChI=1S/C21H33NO8S2/c1-8-9-10-11-31-20-19(29-15(4)25)18(28-14(3)24)17(27-13(2)23)16(30-20)12-22-32(26)21(5,6)7/h8,12,16-20H,1,9-11H2,2-7H3/b22-12+/t16-,17+,18+,19-,20-,32-/m1/s1. The molecule has 11 heteroatoms. The zero-order valence-electron chi connectivity index (χ0n) is 19.4. The molecule has 6 atom stereocenters. The summed E-state index contributed by atoms with van der Waals surface area (Å²) in [6.07, 6.45) is 0.409. The van der Waals surface area contributed by atoms with E-state index in [-0.39, 0.29) is 0 Å². The Kier molecular flexibility index (Phi) is 11.8. The second-order valence-corrected chi connectivity index (χ2v) is 11.2. The lowest BCUT2D eigenvalue weighted by molar-refractivity contribution is -0.221. The number of hydrogen-bond donors (Lipinski definition) is 0. The molecule has 182 valence electrons. The van der Waals surface area contributed by atoms with E-state index in [0.717, 1.165) is 12.8 Å². The minimum Gasteiger partial charge on any atom is -0.591 e. The maximum absolute atomic E-state index is 12.4. The minimum atomic E-state index is -1.59. The number of rotatable bonds is 10. The van der Waals surface area contributed by atoms with Crippen LogP contribution in [0.2, 0.25) is 0 Å². The van der Waals surface area contributed by atoms with Crippen LogP contribution in [0.1, 0.15) is 54.4 Å². The zero-order valence-corrected chi connectivity index (χ0v) is 21.0. The largest absolute Gasteiger partial charge is 0.591 e. The van der Waals surface area contributed by atoms with Gasteiger partial charge in [0.05, 0.1) is 6.21 Å². The Morgan fingerprint density at radius 3 is 2.09 bits per heavy atom. The number of carbonyl (C=O) groups excluding carboxylic acids is 3. The quantitative estimate of drug-likeness (QED) is 0.113. The van der Waals surface area contributed by atoms with Crippen molar-refractivity contribution < 1.29 is 37.9 Å². The van der Waals surface area contributed by atoms with Gasteiger partial charge in [0.25, 0.3) is 0 Å². The van der Waals surface area contributed by atoms with Crippen LogP contribution in [-0.4, -0.2) is 69.0 Å². The first-order chi connectivity index (χ1) is 14.9. The Morgan fingerprint density at radius 1 is 1.06 bits per heavy atom.